The first kappa shape index (κ1) is 13.4. The lowest BCUT2D eigenvalue weighted by Gasteiger charge is -2.06. The first-order chi connectivity index (χ1) is 9.15. The lowest BCUT2D eigenvalue weighted by molar-refractivity contribution is 1.10. The number of rotatable bonds is 3. The minimum atomic E-state index is 0.233. The van der Waals surface area contributed by atoms with Gasteiger partial charge >= 0.3 is 0 Å². The molecular weight excluding hydrogens is 256 g/mol. The molecular formula is C14H14N4S. The predicted octanol–water partition coefficient (Wildman–Crippen LogP) is 3.02. The number of benzene rings is 1. The summed E-state index contributed by atoms with van der Waals surface area (Å²) in [7, 11) is 0. The highest BCUT2D eigenvalue weighted by Crippen LogP contribution is 2.23. The quantitative estimate of drug-likeness (QED) is 0.868. The monoisotopic (exact) mass is 270 g/mol. The molecule has 2 aromatic rings. The maximum Gasteiger partial charge on any atom is 0.161 e. The van der Waals surface area contributed by atoms with Gasteiger partial charge < -0.3 is 5.73 Å². The van der Waals surface area contributed by atoms with E-state index in [0.29, 0.717) is 17.1 Å². The Balaban J connectivity index is 2.40. The maximum atomic E-state index is 8.94. The summed E-state index contributed by atoms with van der Waals surface area (Å²) in [5, 5.41) is 8.94. The molecule has 0 spiro atoms. The van der Waals surface area contributed by atoms with E-state index in [9.17, 15) is 0 Å². The van der Waals surface area contributed by atoms with Gasteiger partial charge in [0.15, 0.2) is 5.82 Å². The van der Waals surface area contributed by atoms with Crippen molar-refractivity contribution in [2.75, 3.05) is 11.5 Å². The number of hydrogen-bond acceptors (Lipinski definition) is 5. The van der Waals surface area contributed by atoms with E-state index in [0.717, 1.165) is 11.3 Å². The Morgan fingerprint density at radius 2 is 1.95 bits per heavy atom. The van der Waals surface area contributed by atoms with Gasteiger partial charge in [-0.1, -0.05) is 19.1 Å². The van der Waals surface area contributed by atoms with Gasteiger partial charge in [-0.3, -0.25) is 0 Å². The summed E-state index contributed by atoms with van der Waals surface area (Å²) in [5.41, 5.74) is 7.63. The highest BCUT2D eigenvalue weighted by molar-refractivity contribution is 7.99. The largest absolute Gasteiger partial charge is 0.382 e. The van der Waals surface area contributed by atoms with Crippen molar-refractivity contribution in [2.45, 2.75) is 18.7 Å². The summed E-state index contributed by atoms with van der Waals surface area (Å²) in [5.74, 6) is 1.83. The molecule has 1 aromatic heterocycles. The lowest BCUT2D eigenvalue weighted by atomic mass is 10.2. The van der Waals surface area contributed by atoms with Crippen LogP contribution in [0.15, 0.2) is 29.2 Å². The fourth-order valence-electron chi connectivity index (χ4n) is 1.73. The van der Waals surface area contributed by atoms with Crippen LogP contribution in [0.2, 0.25) is 0 Å². The topological polar surface area (TPSA) is 75.6 Å². The zero-order valence-corrected chi connectivity index (χ0v) is 11.7. The molecule has 0 radical (unpaired) electrons. The average molecular weight is 270 g/mol. The summed E-state index contributed by atoms with van der Waals surface area (Å²) in [6, 6.07) is 10.0. The maximum absolute atomic E-state index is 8.94. The zero-order valence-electron chi connectivity index (χ0n) is 10.8. The van der Waals surface area contributed by atoms with E-state index < -0.39 is 0 Å². The first-order valence-corrected chi connectivity index (χ1v) is 6.91. The van der Waals surface area contributed by atoms with Crippen LogP contribution in [0.4, 0.5) is 5.82 Å². The number of nitrogen functional groups attached to an aromatic ring is 1. The summed E-state index contributed by atoms with van der Waals surface area (Å²) in [4.78, 5) is 9.73. The van der Waals surface area contributed by atoms with Crippen LogP contribution in [0.25, 0.3) is 11.4 Å². The molecule has 0 atom stereocenters. The van der Waals surface area contributed by atoms with E-state index in [2.05, 4.69) is 16.9 Å². The van der Waals surface area contributed by atoms with Crippen LogP contribution in [0.5, 0.6) is 0 Å². The van der Waals surface area contributed by atoms with E-state index in [1.54, 1.807) is 18.7 Å². The van der Waals surface area contributed by atoms with Gasteiger partial charge in [0, 0.05) is 10.5 Å². The third-order valence-corrected chi connectivity index (χ3v) is 3.55. The van der Waals surface area contributed by atoms with Crippen LogP contribution >= 0.6 is 11.8 Å². The van der Waals surface area contributed by atoms with Crippen LogP contribution < -0.4 is 5.73 Å². The molecule has 19 heavy (non-hydrogen) atoms. The molecule has 0 fully saturated rings. The molecule has 4 nitrogen and oxygen atoms in total. The molecule has 0 unspecified atom stereocenters. The summed E-state index contributed by atoms with van der Waals surface area (Å²) >= 11 is 1.78. The molecule has 5 heteroatoms. The molecule has 0 aliphatic rings. The van der Waals surface area contributed by atoms with Crippen molar-refractivity contribution in [3.63, 3.8) is 0 Å². The molecule has 0 aliphatic carbocycles. The smallest absolute Gasteiger partial charge is 0.161 e. The fraction of sp³-hybridized carbons (Fsp3) is 0.214. The Hall–Kier alpha value is -2.06. The van der Waals surface area contributed by atoms with Crippen LogP contribution in [-0.4, -0.2) is 15.7 Å². The molecule has 0 amide bonds. The Kier molecular flexibility index (Phi) is 4.03. The van der Waals surface area contributed by atoms with E-state index in [4.69, 9.17) is 11.0 Å². The normalized spacial score (nSPS) is 10.2. The van der Waals surface area contributed by atoms with Gasteiger partial charge in [0.05, 0.1) is 5.69 Å². The van der Waals surface area contributed by atoms with Crippen LogP contribution in [0.1, 0.15) is 18.2 Å². The molecule has 0 aliphatic heterocycles. The number of aryl methyl sites for hydroxylation is 1. The number of hydrogen-bond donors (Lipinski definition) is 1. The number of nitrogens with zero attached hydrogens (tertiary/aromatic N) is 3. The van der Waals surface area contributed by atoms with Gasteiger partial charge in [-0.25, -0.2) is 9.97 Å². The Morgan fingerprint density at radius 1 is 1.26 bits per heavy atom. The third kappa shape index (κ3) is 2.85. The standard InChI is InChI=1S/C14H14N4S/c1-3-19-11-6-4-10(5-7-11)14-17-9(2)12(8-15)13(16)18-14/h4-7H,3H2,1-2H3,(H2,16,17,18). The SMILES string of the molecule is CCSc1ccc(-c2nc(C)c(C#N)c(N)n2)cc1. The first-order valence-electron chi connectivity index (χ1n) is 5.93. The second-order valence-electron chi connectivity index (χ2n) is 3.96. The molecule has 96 valence electrons. The van der Waals surface area contributed by atoms with Gasteiger partial charge in [-0.15, -0.1) is 11.8 Å². The highest BCUT2D eigenvalue weighted by atomic mass is 32.2. The Labute approximate surface area is 116 Å². The second-order valence-corrected chi connectivity index (χ2v) is 5.30. The average Bonchev–Trinajstić information content (AvgIpc) is 2.39. The number of thioether (sulfide) groups is 1. The number of aromatic nitrogens is 2. The Bertz CT molecular complexity index is 606. The van der Waals surface area contributed by atoms with E-state index >= 15 is 0 Å². The van der Waals surface area contributed by atoms with Gasteiger partial charge in [-0.05, 0) is 24.8 Å². The van der Waals surface area contributed by atoms with Crippen molar-refractivity contribution in [3.8, 4) is 17.5 Å². The fourth-order valence-corrected chi connectivity index (χ4v) is 2.39. The van der Waals surface area contributed by atoms with Crippen molar-refractivity contribution in [1.29, 1.82) is 5.26 Å². The number of nitriles is 1. The Morgan fingerprint density at radius 3 is 2.47 bits per heavy atom. The van der Waals surface area contributed by atoms with E-state index in [1.807, 2.05) is 30.3 Å². The molecule has 0 saturated carbocycles. The summed E-state index contributed by atoms with van der Waals surface area (Å²) in [6.45, 7) is 3.88. The van der Waals surface area contributed by atoms with E-state index in [-0.39, 0.29) is 5.82 Å². The van der Waals surface area contributed by atoms with Gasteiger partial charge in [-0.2, -0.15) is 5.26 Å². The van der Waals surface area contributed by atoms with Gasteiger partial charge in [0.2, 0.25) is 0 Å². The number of nitrogens with two attached hydrogens (primary N) is 1. The molecule has 0 saturated heterocycles. The van der Waals surface area contributed by atoms with Crippen molar-refractivity contribution in [1.82, 2.24) is 9.97 Å². The predicted molar refractivity (Wildman–Crippen MR) is 77.7 cm³/mol. The minimum Gasteiger partial charge on any atom is -0.382 e. The molecule has 1 aromatic carbocycles. The lowest BCUT2D eigenvalue weighted by Crippen LogP contribution is -2.02. The molecule has 0 bridgehead atoms. The van der Waals surface area contributed by atoms with Crippen LogP contribution in [0, 0.1) is 18.3 Å². The van der Waals surface area contributed by atoms with Crippen molar-refractivity contribution in [3.05, 3.63) is 35.5 Å². The number of anilines is 1. The van der Waals surface area contributed by atoms with Crippen molar-refractivity contribution >= 4 is 17.6 Å². The summed E-state index contributed by atoms with van der Waals surface area (Å²) < 4.78 is 0. The third-order valence-electron chi connectivity index (χ3n) is 2.65. The molecule has 2 rings (SSSR count). The van der Waals surface area contributed by atoms with Crippen LogP contribution in [-0.2, 0) is 0 Å². The van der Waals surface area contributed by atoms with Crippen molar-refractivity contribution in [2.24, 2.45) is 0 Å². The second kappa shape index (κ2) is 5.72. The summed E-state index contributed by atoms with van der Waals surface area (Å²) in [6.07, 6.45) is 0. The highest BCUT2D eigenvalue weighted by Gasteiger charge is 2.10. The van der Waals surface area contributed by atoms with Gasteiger partial charge in [0.25, 0.3) is 0 Å². The van der Waals surface area contributed by atoms with Crippen LogP contribution in [0.3, 0.4) is 0 Å². The molecule has 2 N–H and O–H groups in total. The molecule has 1 heterocycles. The minimum absolute atomic E-state index is 0.233. The van der Waals surface area contributed by atoms with E-state index in [1.165, 1.54) is 4.90 Å². The van der Waals surface area contributed by atoms with Crippen molar-refractivity contribution < 1.29 is 0 Å². The van der Waals surface area contributed by atoms with Gasteiger partial charge in [0.1, 0.15) is 17.5 Å². The zero-order chi connectivity index (χ0) is 13.8.